The Bertz CT molecular complexity index is 971. The fourth-order valence-corrected chi connectivity index (χ4v) is 4.08. The molecule has 154 valence electrons. The van der Waals surface area contributed by atoms with Gasteiger partial charge in [0.1, 0.15) is 17.7 Å². The third-order valence-electron chi connectivity index (χ3n) is 5.55. The van der Waals surface area contributed by atoms with Crippen LogP contribution in [0.5, 0.6) is 5.75 Å². The Hall–Kier alpha value is -3.14. The second kappa shape index (κ2) is 9.12. The van der Waals surface area contributed by atoms with Crippen molar-refractivity contribution in [2.75, 3.05) is 6.61 Å². The van der Waals surface area contributed by atoms with Crippen LogP contribution in [0.1, 0.15) is 41.5 Å². The van der Waals surface area contributed by atoms with E-state index in [9.17, 15) is 9.18 Å². The minimum absolute atomic E-state index is 0.140. The van der Waals surface area contributed by atoms with Crippen LogP contribution in [-0.4, -0.2) is 18.7 Å². The van der Waals surface area contributed by atoms with E-state index in [1.807, 2.05) is 24.3 Å². The normalized spacial score (nSPS) is 14.2. The van der Waals surface area contributed by atoms with E-state index in [4.69, 9.17) is 9.47 Å². The number of rotatable bonds is 7. The maximum atomic E-state index is 13.4. The fraction of sp³-hybridized carbons (Fsp3) is 0.269. The van der Waals surface area contributed by atoms with Gasteiger partial charge in [0.25, 0.3) is 0 Å². The van der Waals surface area contributed by atoms with Gasteiger partial charge in [-0.1, -0.05) is 48.5 Å². The molecule has 4 rings (SSSR count). The number of halogens is 1. The van der Waals surface area contributed by atoms with Gasteiger partial charge >= 0.3 is 5.97 Å². The first-order valence-corrected chi connectivity index (χ1v) is 10.4. The number of fused-ring (bicyclic) bond motifs is 1. The van der Waals surface area contributed by atoms with Crippen molar-refractivity contribution in [1.82, 2.24) is 0 Å². The Morgan fingerprint density at radius 1 is 0.933 bits per heavy atom. The Kier molecular flexibility index (Phi) is 6.12. The minimum Gasteiger partial charge on any atom is -0.490 e. The summed E-state index contributed by atoms with van der Waals surface area (Å²) < 4.78 is 24.7. The summed E-state index contributed by atoms with van der Waals surface area (Å²) in [5.41, 5.74) is 4.55. The summed E-state index contributed by atoms with van der Waals surface area (Å²) >= 11 is 0. The monoisotopic (exact) mass is 404 g/mol. The van der Waals surface area contributed by atoms with Gasteiger partial charge in [-0.15, -0.1) is 0 Å². The van der Waals surface area contributed by atoms with Crippen LogP contribution >= 0.6 is 0 Å². The Morgan fingerprint density at radius 2 is 1.50 bits per heavy atom. The molecular weight excluding hydrogens is 379 g/mol. The molecule has 0 heterocycles. The number of hydrogen-bond donors (Lipinski definition) is 0. The van der Waals surface area contributed by atoms with Crippen molar-refractivity contribution in [3.8, 4) is 5.75 Å². The number of benzene rings is 3. The second-order valence-corrected chi connectivity index (χ2v) is 7.60. The number of carbonyl (C=O) groups is 1. The molecule has 0 saturated heterocycles. The standard InChI is InChI=1S/C26H25FO3/c1-2-29-26(28)17-25(18-7-11-22(27)12-8-18)19-9-13-23(14-10-19)30-24-15-20-5-3-4-6-21(20)16-24/h3-14,24-25H,2,15-17H2,1H3. The van der Waals surface area contributed by atoms with Crippen molar-refractivity contribution in [2.24, 2.45) is 0 Å². The molecule has 0 spiro atoms. The van der Waals surface area contributed by atoms with E-state index in [0.717, 1.165) is 29.7 Å². The van der Waals surface area contributed by atoms with Crippen LogP contribution in [0.4, 0.5) is 4.39 Å². The molecule has 0 saturated carbocycles. The lowest BCUT2D eigenvalue weighted by Gasteiger charge is -2.19. The zero-order valence-corrected chi connectivity index (χ0v) is 17.0. The molecule has 0 aliphatic heterocycles. The summed E-state index contributed by atoms with van der Waals surface area (Å²) in [4.78, 5) is 12.2. The quantitative estimate of drug-likeness (QED) is 0.491. The third kappa shape index (κ3) is 4.70. The molecule has 1 atom stereocenters. The molecule has 1 aliphatic carbocycles. The highest BCUT2D eigenvalue weighted by Gasteiger charge is 2.23. The minimum atomic E-state index is -0.296. The maximum Gasteiger partial charge on any atom is 0.306 e. The third-order valence-corrected chi connectivity index (χ3v) is 5.55. The molecule has 0 aromatic heterocycles. The summed E-state index contributed by atoms with van der Waals surface area (Å²) in [6, 6.07) is 22.6. The van der Waals surface area contributed by atoms with Gasteiger partial charge in [-0.25, -0.2) is 4.39 Å². The van der Waals surface area contributed by atoms with Crippen molar-refractivity contribution in [2.45, 2.75) is 38.2 Å². The molecule has 0 amide bonds. The summed E-state index contributed by atoms with van der Waals surface area (Å²) in [7, 11) is 0. The van der Waals surface area contributed by atoms with Crippen LogP contribution in [-0.2, 0) is 22.4 Å². The lowest BCUT2D eigenvalue weighted by Crippen LogP contribution is -2.16. The fourth-order valence-electron chi connectivity index (χ4n) is 4.08. The molecule has 4 heteroatoms. The van der Waals surface area contributed by atoms with E-state index < -0.39 is 0 Å². The second-order valence-electron chi connectivity index (χ2n) is 7.60. The highest BCUT2D eigenvalue weighted by Crippen LogP contribution is 2.31. The van der Waals surface area contributed by atoms with Crippen LogP contribution in [0.15, 0.2) is 72.8 Å². The molecule has 30 heavy (non-hydrogen) atoms. The van der Waals surface area contributed by atoms with Crippen LogP contribution in [0.2, 0.25) is 0 Å². The summed E-state index contributed by atoms with van der Waals surface area (Å²) in [5, 5.41) is 0. The predicted octanol–water partition coefficient (Wildman–Crippen LogP) is 5.46. The lowest BCUT2D eigenvalue weighted by molar-refractivity contribution is -0.143. The summed E-state index contributed by atoms with van der Waals surface area (Å²) in [5.74, 6) is 0.0470. The SMILES string of the molecule is CCOC(=O)CC(c1ccc(F)cc1)c1ccc(OC2Cc3ccccc3C2)cc1. The highest BCUT2D eigenvalue weighted by molar-refractivity contribution is 5.71. The van der Waals surface area contributed by atoms with E-state index >= 15 is 0 Å². The highest BCUT2D eigenvalue weighted by atomic mass is 19.1. The summed E-state index contributed by atoms with van der Waals surface area (Å²) in [6.45, 7) is 2.13. The van der Waals surface area contributed by atoms with Gasteiger partial charge in [0.05, 0.1) is 13.0 Å². The van der Waals surface area contributed by atoms with Crippen molar-refractivity contribution >= 4 is 5.97 Å². The number of hydrogen-bond acceptors (Lipinski definition) is 3. The molecule has 3 aromatic rings. The maximum absolute atomic E-state index is 13.4. The predicted molar refractivity (Wildman–Crippen MR) is 114 cm³/mol. The molecule has 0 N–H and O–H groups in total. The molecular formula is C26H25FO3. The van der Waals surface area contributed by atoms with E-state index in [1.165, 1.54) is 23.3 Å². The van der Waals surface area contributed by atoms with E-state index in [2.05, 4.69) is 24.3 Å². The van der Waals surface area contributed by atoms with Gasteiger partial charge in [0, 0.05) is 18.8 Å². The summed E-state index contributed by atoms with van der Waals surface area (Å²) in [6.07, 6.45) is 2.18. The van der Waals surface area contributed by atoms with Crippen molar-refractivity contribution in [3.63, 3.8) is 0 Å². The molecule has 0 radical (unpaired) electrons. The topological polar surface area (TPSA) is 35.5 Å². The van der Waals surface area contributed by atoms with Gasteiger partial charge < -0.3 is 9.47 Å². The molecule has 0 fully saturated rings. The zero-order chi connectivity index (χ0) is 20.9. The smallest absolute Gasteiger partial charge is 0.306 e. The Labute approximate surface area is 176 Å². The van der Waals surface area contributed by atoms with Gasteiger partial charge in [0.15, 0.2) is 0 Å². The molecule has 1 aliphatic rings. The van der Waals surface area contributed by atoms with Gasteiger partial charge in [-0.3, -0.25) is 4.79 Å². The average molecular weight is 404 g/mol. The van der Waals surface area contributed by atoms with Crippen LogP contribution in [0.25, 0.3) is 0 Å². The van der Waals surface area contributed by atoms with Crippen molar-refractivity contribution < 1.29 is 18.7 Å². The van der Waals surface area contributed by atoms with E-state index in [0.29, 0.717) is 6.61 Å². The van der Waals surface area contributed by atoms with Gasteiger partial charge in [-0.05, 0) is 53.4 Å². The largest absolute Gasteiger partial charge is 0.490 e. The molecule has 3 nitrogen and oxygen atoms in total. The average Bonchev–Trinajstić information content (AvgIpc) is 3.16. The van der Waals surface area contributed by atoms with Gasteiger partial charge in [-0.2, -0.15) is 0 Å². The number of esters is 1. The number of carbonyl (C=O) groups excluding carboxylic acids is 1. The number of ether oxygens (including phenoxy) is 2. The first-order chi connectivity index (χ1) is 14.6. The first-order valence-electron chi connectivity index (χ1n) is 10.4. The van der Waals surface area contributed by atoms with Crippen molar-refractivity contribution in [3.05, 3.63) is 101 Å². The van der Waals surface area contributed by atoms with E-state index in [-0.39, 0.29) is 30.2 Å². The molecule has 3 aromatic carbocycles. The molecule has 0 bridgehead atoms. The van der Waals surface area contributed by atoms with Gasteiger partial charge in [0.2, 0.25) is 0 Å². The first kappa shape index (κ1) is 20.1. The van der Waals surface area contributed by atoms with Crippen LogP contribution in [0.3, 0.4) is 0 Å². The Morgan fingerprint density at radius 3 is 2.07 bits per heavy atom. The van der Waals surface area contributed by atoms with Crippen LogP contribution in [0, 0.1) is 5.82 Å². The van der Waals surface area contributed by atoms with Crippen LogP contribution < -0.4 is 4.74 Å². The van der Waals surface area contributed by atoms with E-state index in [1.54, 1.807) is 19.1 Å². The zero-order valence-electron chi connectivity index (χ0n) is 17.0. The molecule has 1 unspecified atom stereocenters. The van der Waals surface area contributed by atoms with Crippen molar-refractivity contribution in [1.29, 1.82) is 0 Å². The Balaban J connectivity index is 1.49. The lowest BCUT2D eigenvalue weighted by atomic mass is 9.88.